The van der Waals surface area contributed by atoms with Crippen molar-refractivity contribution in [3.05, 3.63) is 107 Å². The van der Waals surface area contributed by atoms with Gasteiger partial charge in [-0.2, -0.15) is 5.26 Å². The van der Waals surface area contributed by atoms with Crippen molar-refractivity contribution in [2.24, 2.45) is 4.99 Å². The second-order valence-electron chi connectivity index (χ2n) is 11.0. The van der Waals surface area contributed by atoms with E-state index in [9.17, 15) is 10.1 Å². The molecule has 1 aliphatic heterocycles. The Hall–Kier alpha value is -5.00. The number of nitrogens with zero attached hydrogens (tertiary/aromatic N) is 6. The Labute approximate surface area is 245 Å². The molecule has 8 nitrogen and oxygen atoms in total. The number of nitriles is 1. The van der Waals surface area contributed by atoms with E-state index in [2.05, 4.69) is 45.2 Å². The van der Waals surface area contributed by atoms with Gasteiger partial charge in [0, 0.05) is 50.9 Å². The molecule has 0 spiro atoms. The number of piperidine rings is 1. The third kappa shape index (κ3) is 5.60. The zero-order chi connectivity index (χ0) is 29.1. The molecule has 5 aromatic rings. The van der Waals surface area contributed by atoms with Crippen LogP contribution in [-0.2, 0) is 6.54 Å². The lowest BCUT2D eigenvalue weighted by molar-refractivity contribution is 0.180. The third-order valence-electron chi connectivity index (χ3n) is 7.80. The number of aliphatic imine (C=N–C) groups is 1. The SMILES string of the molecule is CN(C)/C=N/c1nc(-c2ccc(CN3CCC(n4c(=O)[nH]c5ccccc54)CC3)cc2)c(-c2ccccc2)cc1C#N. The van der Waals surface area contributed by atoms with Gasteiger partial charge in [0.25, 0.3) is 0 Å². The van der Waals surface area contributed by atoms with Crippen LogP contribution in [0.15, 0.2) is 94.7 Å². The first-order valence-corrected chi connectivity index (χ1v) is 14.2. The van der Waals surface area contributed by atoms with Crippen LogP contribution in [0.25, 0.3) is 33.4 Å². The second kappa shape index (κ2) is 11.9. The van der Waals surface area contributed by atoms with Crippen LogP contribution in [0, 0.1) is 11.3 Å². The standard InChI is InChI=1S/C34H33N7O/c1-39(2)23-36-33-27(21-35)20-29(25-8-4-3-5-9-25)32(38-33)26-14-12-24(13-15-26)22-40-18-16-28(17-19-40)41-31-11-7-6-10-30(31)37-34(41)42/h3-15,20,23,28H,16-19,22H2,1-2H3,(H,37,42)/b36-23+. The summed E-state index contributed by atoms with van der Waals surface area (Å²) in [7, 11) is 3.77. The highest BCUT2D eigenvalue weighted by Crippen LogP contribution is 2.35. The lowest BCUT2D eigenvalue weighted by Crippen LogP contribution is -2.36. The number of rotatable bonds is 7. The first-order chi connectivity index (χ1) is 20.5. The number of aromatic amines is 1. The van der Waals surface area contributed by atoms with Gasteiger partial charge in [-0.25, -0.2) is 14.8 Å². The first kappa shape index (κ1) is 27.2. The lowest BCUT2D eigenvalue weighted by atomic mass is 9.97. The maximum atomic E-state index is 12.7. The normalized spacial score (nSPS) is 14.4. The zero-order valence-corrected chi connectivity index (χ0v) is 23.9. The first-order valence-electron chi connectivity index (χ1n) is 14.2. The number of likely N-dealkylation sites (tertiary alicyclic amines) is 1. The maximum Gasteiger partial charge on any atom is 0.326 e. The van der Waals surface area contributed by atoms with Crippen LogP contribution in [0.4, 0.5) is 5.82 Å². The lowest BCUT2D eigenvalue weighted by Gasteiger charge is -2.32. The maximum absolute atomic E-state index is 12.7. The minimum absolute atomic E-state index is 0.0212. The summed E-state index contributed by atoms with van der Waals surface area (Å²) in [4.78, 5) is 29.3. The number of hydrogen-bond donors (Lipinski definition) is 1. The van der Waals surface area contributed by atoms with Gasteiger partial charge in [-0.1, -0.05) is 66.7 Å². The Morgan fingerprint density at radius 1 is 1.00 bits per heavy atom. The van der Waals surface area contributed by atoms with E-state index in [0.29, 0.717) is 11.4 Å². The van der Waals surface area contributed by atoms with E-state index >= 15 is 0 Å². The number of para-hydroxylation sites is 2. The monoisotopic (exact) mass is 555 g/mol. The number of aromatic nitrogens is 3. The minimum Gasteiger partial charge on any atom is -0.369 e. The number of pyridine rings is 1. The molecule has 0 radical (unpaired) electrons. The summed E-state index contributed by atoms with van der Waals surface area (Å²) in [6.45, 7) is 2.71. The van der Waals surface area contributed by atoms with Crippen LogP contribution in [0.2, 0.25) is 0 Å². The summed E-state index contributed by atoms with van der Waals surface area (Å²) in [5, 5.41) is 9.84. The zero-order valence-electron chi connectivity index (χ0n) is 23.9. The molecule has 1 N–H and O–H groups in total. The van der Waals surface area contributed by atoms with Crippen LogP contribution >= 0.6 is 0 Å². The summed E-state index contributed by atoms with van der Waals surface area (Å²) in [6, 6.07) is 30.8. The van der Waals surface area contributed by atoms with Gasteiger partial charge in [-0.15, -0.1) is 0 Å². The minimum atomic E-state index is -0.0212. The topological polar surface area (TPSA) is 93.3 Å². The van der Waals surface area contributed by atoms with Gasteiger partial charge < -0.3 is 9.88 Å². The molecular weight excluding hydrogens is 522 g/mol. The predicted octanol–water partition coefficient (Wildman–Crippen LogP) is 5.99. The number of nitrogens with one attached hydrogen (secondary N) is 1. The summed E-state index contributed by atoms with van der Waals surface area (Å²) in [5.74, 6) is 0.405. The van der Waals surface area contributed by atoms with E-state index in [1.165, 1.54) is 5.56 Å². The molecule has 1 fully saturated rings. The molecule has 42 heavy (non-hydrogen) atoms. The Balaban J connectivity index is 1.21. The number of H-pyrrole nitrogens is 1. The van der Waals surface area contributed by atoms with E-state index in [-0.39, 0.29) is 11.7 Å². The van der Waals surface area contributed by atoms with Crippen LogP contribution in [0.5, 0.6) is 0 Å². The van der Waals surface area contributed by atoms with Crippen molar-refractivity contribution in [2.75, 3.05) is 27.2 Å². The number of hydrogen-bond acceptors (Lipinski definition) is 5. The van der Waals surface area contributed by atoms with Crippen molar-refractivity contribution in [1.29, 1.82) is 5.26 Å². The molecule has 0 amide bonds. The van der Waals surface area contributed by atoms with Gasteiger partial charge in [0.1, 0.15) is 6.07 Å². The molecule has 1 saturated heterocycles. The largest absolute Gasteiger partial charge is 0.369 e. The van der Waals surface area contributed by atoms with E-state index in [0.717, 1.165) is 65.9 Å². The number of imidazole rings is 1. The van der Waals surface area contributed by atoms with Crippen molar-refractivity contribution in [1.82, 2.24) is 24.3 Å². The van der Waals surface area contributed by atoms with E-state index in [1.54, 1.807) is 6.34 Å². The molecule has 6 rings (SSSR count). The molecule has 3 heterocycles. The molecular formula is C34H33N7O. The van der Waals surface area contributed by atoms with Gasteiger partial charge >= 0.3 is 5.69 Å². The van der Waals surface area contributed by atoms with Gasteiger partial charge in [0.05, 0.1) is 28.6 Å². The van der Waals surface area contributed by atoms with Crippen LogP contribution < -0.4 is 5.69 Å². The summed E-state index contributed by atoms with van der Waals surface area (Å²) in [6.07, 6.45) is 3.54. The predicted molar refractivity (Wildman–Crippen MR) is 168 cm³/mol. The van der Waals surface area contributed by atoms with E-state index < -0.39 is 0 Å². The molecule has 210 valence electrons. The molecule has 3 aromatic carbocycles. The smallest absolute Gasteiger partial charge is 0.326 e. The van der Waals surface area contributed by atoms with Crippen molar-refractivity contribution in [3.8, 4) is 28.5 Å². The Morgan fingerprint density at radius 3 is 2.43 bits per heavy atom. The molecule has 0 bridgehead atoms. The van der Waals surface area contributed by atoms with Crippen LogP contribution in [0.3, 0.4) is 0 Å². The van der Waals surface area contributed by atoms with Crippen LogP contribution in [-0.4, -0.2) is 57.9 Å². The molecule has 0 saturated carbocycles. The molecule has 1 aliphatic rings. The second-order valence-corrected chi connectivity index (χ2v) is 11.0. The summed E-state index contributed by atoms with van der Waals surface area (Å²) in [5.41, 5.74) is 7.19. The number of fused-ring (bicyclic) bond motifs is 1. The highest BCUT2D eigenvalue weighted by atomic mass is 16.1. The Bertz CT molecular complexity index is 1820. The Morgan fingerprint density at radius 2 is 1.71 bits per heavy atom. The van der Waals surface area contributed by atoms with E-state index in [4.69, 9.17) is 4.98 Å². The highest BCUT2D eigenvalue weighted by Gasteiger charge is 2.23. The molecule has 0 atom stereocenters. The fourth-order valence-corrected chi connectivity index (χ4v) is 5.71. The highest BCUT2D eigenvalue weighted by molar-refractivity contribution is 5.84. The average Bonchev–Trinajstić information content (AvgIpc) is 3.36. The quantitative estimate of drug-likeness (QED) is 0.197. The van der Waals surface area contributed by atoms with Crippen molar-refractivity contribution in [2.45, 2.75) is 25.4 Å². The summed E-state index contributed by atoms with van der Waals surface area (Å²) >= 11 is 0. The number of benzene rings is 3. The summed E-state index contributed by atoms with van der Waals surface area (Å²) < 4.78 is 1.94. The fourth-order valence-electron chi connectivity index (χ4n) is 5.71. The van der Waals surface area contributed by atoms with Crippen LogP contribution in [0.1, 0.15) is 30.0 Å². The van der Waals surface area contributed by atoms with Crippen molar-refractivity contribution in [3.63, 3.8) is 0 Å². The van der Waals surface area contributed by atoms with E-state index in [1.807, 2.05) is 84.2 Å². The molecule has 0 aliphatic carbocycles. The third-order valence-corrected chi connectivity index (χ3v) is 7.80. The molecule has 2 aromatic heterocycles. The van der Waals surface area contributed by atoms with Gasteiger partial charge in [-0.05, 0) is 42.2 Å². The van der Waals surface area contributed by atoms with Gasteiger partial charge in [-0.3, -0.25) is 9.47 Å². The average molecular weight is 556 g/mol. The Kier molecular flexibility index (Phi) is 7.67. The fraction of sp³-hybridized carbons (Fsp3) is 0.235. The van der Waals surface area contributed by atoms with Gasteiger partial charge in [0.2, 0.25) is 0 Å². The molecule has 0 unspecified atom stereocenters. The van der Waals surface area contributed by atoms with Crippen molar-refractivity contribution < 1.29 is 0 Å². The van der Waals surface area contributed by atoms with Crippen molar-refractivity contribution >= 4 is 23.2 Å². The molecule has 8 heteroatoms. The van der Waals surface area contributed by atoms with Gasteiger partial charge in [0.15, 0.2) is 5.82 Å².